The first-order valence-corrected chi connectivity index (χ1v) is 6.66. The second kappa shape index (κ2) is 5.11. The maximum absolute atomic E-state index is 11.7. The Hall–Kier alpha value is -1.71. The van der Waals surface area contributed by atoms with E-state index in [1.54, 1.807) is 0 Å². The molecule has 0 saturated carbocycles. The number of nitrogens with one attached hydrogen (secondary N) is 2. The number of benzene rings is 1. The van der Waals surface area contributed by atoms with Crippen LogP contribution in [0.15, 0.2) is 18.2 Å². The van der Waals surface area contributed by atoms with Gasteiger partial charge in [0.25, 0.3) is 0 Å². The number of amides is 1. The van der Waals surface area contributed by atoms with Crippen LogP contribution in [0.5, 0.6) is 0 Å². The monoisotopic (exact) mass is 262 g/mol. The van der Waals surface area contributed by atoms with Crippen molar-refractivity contribution in [1.29, 1.82) is 0 Å². The predicted octanol–water partition coefficient (Wildman–Crippen LogP) is 2.86. The fourth-order valence-electron chi connectivity index (χ4n) is 2.21. The van der Waals surface area contributed by atoms with E-state index in [1.807, 2.05) is 20.8 Å². The van der Waals surface area contributed by atoms with Crippen molar-refractivity contribution in [3.8, 4) is 0 Å². The number of alkyl carbamates (subject to hydrolysis) is 1. The average Bonchev–Trinajstić information content (AvgIpc) is 2.25. The molecule has 19 heavy (non-hydrogen) atoms. The van der Waals surface area contributed by atoms with Crippen molar-refractivity contribution in [1.82, 2.24) is 5.32 Å². The summed E-state index contributed by atoms with van der Waals surface area (Å²) in [6.45, 7) is 8.40. The molecule has 0 fully saturated rings. The summed E-state index contributed by atoms with van der Waals surface area (Å²) in [5.41, 5.74) is 3.18. The van der Waals surface area contributed by atoms with Gasteiger partial charge in [0.15, 0.2) is 0 Å². The molecule has 1 aliphatic heterocycles. The van der Waals surface area contributed by atoms with Crippen molar-refractivity contribution >= 4 is 11.8 Å². The van der Waals surface area contributed by atoms with Crippen LogP contribution < -0.4 is 10.6 Å². The van der Waals surface area contributed by atoms with E-state index in [4.69, 9.17) is 4.74 Å². The van der Waals surface area contributed by atoms with Gasteiger partial charge in [0, 0.05) is 12.2 Å². The van der Waals surface area contributed by atoms with Gasteiger partial charge < -0.3 is 15.4 Å². The molecule has 0 spiro atoms. The molecule has 4 nitrogen and oxygen atoms in total. The quantitative estimate of drug-likeness (QED) is 0.818. The predicted molar refractivity (Wildman–Crippen MR) is 76.5 cm³/mol. The fraction of sp³-hybridized carbons (Fsp3) is 0.533. The van der Waals surface area contributed by atoms with Crippen LogP contribution in [0, 0.1) is 6.92 Å². The van der Waals surface area contributed by atoms with Crippen LogP contribution in [0.4, 0.5) is 10.5 Å². The zero-order valence-corrected chi connectivity index (χ0v) is 12.0. The molecule has 1 atom stereocenters. The minimum atomic E-state index is -0.458. The number of fused-ring (bicyclic) bond motifs is 1. The lowest BCUT2D eigenvalue weighted by Gasteiger charge is -2.28. The highest BCUT2D eigenvalue weighted by atomic mass is 16.6. The van der Waals surface area contributed by atoms with E-state index in [9.17, 15) is 4.79 Å². The van der Waals surface area contributed by atoms with E-state index < -0.39 is 5.60 Å². The van der Waals surface area contributed by atoms with Gasteiger partial charge in [0.05, 0.1) is 6.04 Å². The molecule has 1 amide bonds. The zero-order chi connectivity index (χ0) is 14.0. The Labute approximate surface area is 114 Å². The molecule has 1 aromatic carbocycles. The SMILES string of the molecule is Cc1ccc2c(c1)CC(NC(=O)OC(C)(C)C)CN2. The highest BCUT2D eigenvalue weighted by Gasteiger charge is 2.23. The van der Waals surface area contributed by atoms with Crippen LogP contribution in [0.2, 0.25) is 0 Å². The van der Waals surface area contributed by atoms with Gasteiger partial charge in [-0.3, -0.25) is 0 Å². The average molecular weight is 262 g/mol. The van der Waals surface area contributed by atoms with E-state index >= 15 is 0 Å². The number of rotatable bonds is 1. The molecule has 0 aromatic heterocycles. The van der Waals surface area contributed by atoms with Gasteiger partial charge >= 0.3 is 6.09 Å². The number of hydrogen-bond acceptors (Lipinski definition) is 3. The standard InChI is InChI=1S/C15H22N2O2/c1-10-5-6-13-11(7-10)8-12(9-16-13)17-14(18)19-15(2,3)4/h5-7,12,16H,8-9H2,1-4H3,(H,17,18). The minimum absolute atomic E-state index is 0.0733. The Bertz CT molecular complexity index is 478. The number of ether oxygens (including phenoxy) is 1. The van der Waals surface area contributed by atoms with Gasteiger partial charge in [-0.15, -0.1) is 0 Å². The van der Waals surface area contributed by atoms with Gasteiger partial charge in [0.2, 0.25) is 0 Å². The third-order valence-corrected chi connectivity index (χ3v) is 2.99. The maximum atomic E-state index is 11.7. The van der Waals surface area contributed by atoms with Crippen LogP contribution >= 0.6 is 0 Å². The van der Waals surface area contributed by atoms with Gasteiger partial charge in [0.1, 0.15) is 5.60 Å². The summed E-state index contributed by atoms with van der Waals surface area (Å²) in [6.07, 6.45) is 0.485. The second-order valence-electron chi connectivity index (χ2n) is 6.09. The van der Waals surface area contributed by atoms with Crippen molar-refractivity contribution in [2.24, 2.45) is 0 Å². The molecule has 1 aliphatic rings. The molecule has 0 aliphatic carbocycles. The van der Waals surface area contributed by atoms with Gasteiger partial charge in [-0.2, -0.15) is 0 Å². The molecular formula is C15H22N2O2. The topological polar surface area (TPSA) is 50.4 Å². The lowest BCUT2D eigenvalue weighted by atomic mass is 9.98. The van der Waals surface area contributed by atoms with Crippen molar-refractivity contribution in [2.45, 2.75) is 45.8 Å². The van der Waals surface area contributed by atoms with E-state index in [-0.39, 0.29) is 12.1 Å². The third-order valence-electron chi connectivity index (χ3n) is 2.99. The summed E-state index contributed by atoms with van der Waals surface area (Å²) in [5, 5.41) is 6.25. The molecule has 1 aromatic rings. The van der Waals surface area contributed by atoms with E-state index in [2.05, 4.69) is 35.8 Å². The first-order chi connectivity index (χ1) is 8.83. The number of carbonyl (C=O) groups is 1. The van der Waals surface area contributed by atoms with Crippen LogP contribution in [-0.4, -0.2) is 24.3 Å². The third kappa shape index (κ3) is 3.88. The van der Waals surface area contributed by atoms with Crippen molar-refractivity contribution in [3.05, 3.63) is 29.3 Å². The van der Waals surface area contributed by atoms with Gasteiger partial charge in [-0.1, -0.05) is 17.7 Å². The van der Waals surface area contributed by atoms with Crippen molar-refractivity contribution in [3.63, 3.8) is 0 Å². The molecule has 2 N–H and O–H groups in total. The second-order valence-corrected chi connectivity index (χ2v) is 6.09. The minimum Gasteiger partial charge on any atom is -0.444 e. The molecule has 1 unspecified atom stereocenters. The Balaban J connectivity index is 1.96. The molecule has 2 rings (SSSR count). The molecule has 4 heteroatoms. The molecule has 0 radical (unpaired) electrons. The first kappa shape index (κ1) is 13.7. The summed E-state index contributed by atoms with van der Waals surface area (Å²) in [6, 6.07) is 6.41. The van der Waals surface area contributed by atoms with Crippen molar-refractivity contribution < 1.29 is 9.53 Å². The van der Waals surface area contributed by atoms with Gasteiger partial charge in [-0.05, 0) is 45.7 Å². The lowest BCUT2D eigenvalue weighted by Crippen LogP contribution is -2.45. The lowest BCUT2D eigenvalue weighted by molar-refractivity contribution is 0.0506. The number of aryl methyl sites for hydroxylation is 1. The van der Waals surface area contributed by atoms with Crippen molar-refractivity contribution in [2.75, 3.05) is 11.9 Å². The number of hydrogen-bond donors (Lipinski definition) is 2. The Morgan fingerprint density at radius 2 is 2.16 bits per heavy atom. The molecule has 104 valence electrons. The van der Waals surface area contributed by atoms with E-state index in [0.717, 1.165) is 18.7 Å². The Morgan fingerprint density at radius 1 is 1.42 bits per heavy atom. The fourth-order valence-corrected chi connectivity index (χ4v) is 2.21. The normalized spacial score (nSPS) is 18.2. The summed E-state index contributed by atoms with van der Waals surface area (Å²) in [4.78, 5) is 11.7. The summed E-state index contributed by atoms with van der Waals surface area (Å²) in [7, 11) is 0. The molecule has 0 bridgehead atoms. The molecular weight excluding hydrogens is 240 g/mol. The highest BCUT2D eigenvalue weighted by Crippen LogP contribution is 2.23. The maximum Gasteiger partial charge on any atom is 0.407 e. The summed E-state index contributed by atoms with van der Waals surface area (Å²) >= 11 is 0. The zero-order valence-electron chi connectivity index (χ0n) is 12.0. The highest BCUT2D eigenvalue weighted by molar-refractivity contribution is 5.68. The molecule has 0 saturated heterocycles. The van der Waals surface area contributed by atoms with Crippen LogP contribution in [0.1, 0.15) is 31.9 Å². The molecule has 1 heterocycles. The summed E-state index contributed by atoms with van der Waals surface area (Å²) < 4.78 is 5.27. The Morgan fingerprint density at radius 3 is 2.84 bits per heavy atom. The van der Waals surface area contributed by atoms with Crippen LogP contribution in [-0.2, 0) is 11.2 Å². The van der Waals surface area contributed by atoms with Crippen LogP contribution in [0.3, 0.4) is 0 Å². The Kier molecular flexibility index (Phi) is 3.69. The number of carbonyl (C=O) groups excluding carboxylic acids is 1. The van der Waals surface area contributed by atoms with E-state index in [1.165, 1.54) is 11.1 Å². The number of anilines is 1. The first-order valence-electron chi connectivity index (χ1n) is 6.66. The van der Waals surface area contributed by atoms with E-state index in [0.29, 0.717) is 0 Å². The smallest absolute Gasteiger partial charge is 0.407 e. The van der Waals surface area contributed by atoms with Gasteiger partial charge in [-0.25, -0.2) is 4.79 Å². The summed E-state index contributed by atoms with van der Waals surface area (Å²) in [5.74, 6) is 0. The largest absolute Gasteiger partial charge is 0.444 e. The van der Waals surface area contributed by atoms with Crippen LogP contribution in [0.25, 0.3) is 0 Å².